The molecule has 3 amide bonds. The minimum atomic E-state index is -0.948. The first-order chi connectivity index (χ1) is 12.0. The number of nitrogens with one attached hydrogen (secondary N) is 1. The standard InChI is InChI=1S/C18H25N3O4/c1-20(13-10-16(22)23)18(25)19-15-8-6-14(7-9-15)17(24)21-11-4-2-3-5-12-21/h6-9H,2-5,10-13H2,1H3,(H,19,25)(H,22,23). The van der Waals surface area contributed by atoms with E-state index in [-0.39, 0.29) is 24.9 Å². The summed E-state index contributed by atoms with van der Waals surface area (Å²) in [5.74, 6) is -0.922. The van der Waals surface area contributed by atoms with Crippen molar-refractivity contribution in [2.24, 2.45) is 0 Å². The first-order valence-electron chi connectivity index (χ1n) is 8.60. The smallest absolute Gasteiger partial charge is 0.321 e. The lowest BCUT2D eigenvalue weighted by Crippen LogP contribution is -2.33. The molecule has 7 heteroatoms. The van der Waals surface area contributed by atoms with Crippen molar-refractivity contribution in [2.45, 2.75) is 32.1 Å². The highest BCUT2D eigenvalue weighted by Gasteiger charge is 2.17. The van der Waals surface area contributed by atoms with Crippen LogP contribution in [0.4, 0.5) is 10.5 Å². The lowest BCUT2D eigenvalue weighted by atomic mass is 10.1. The lowest BCUT2D eigenvalue weighted by Gasteiger charge is -2.20. The van der Waals surface area contributed by atoms with Crippen LogP contribution in [0.1, 0.15) is 42.5 Å². The third-order valence-electron chi connectivity index (χ3n) is 4.28. The molecule has 0 bridgehead atoms. The summed E-state index contributed by atoms with van der Waals surface area (Å²) in [7, 11) is 1.54. The van der Waals surface area contributed by atoms with Gasteiger partial charge in [-0.15, -0.1) is 0 Å². The minimum absolute atomic E-state index is 0.0263. The number of urea groups is 1. The molecule has 1 aliphatic rings. The molecular weight excluding hydrogens is 322 g/mol. The van der Waals surface area contributed by atoms with E-state index < -0.39 is 5.97 Å². The summed E-state index contributed by atoms with van der Waals surface area (Å²) in [5.41, 5.74) is 1.18. The van der Waals surface area contributed by atoms with E-state index in [2.05, 4.69) is 5.32 Å². The SMILES string of the molecule is CN(CCC(=O)O)C(=O)Nc1ccc(C(=O)N2CCCCCC2)cc1. The third-order valence-corrected chi connectivity index (χ3v) is 4.28. The number of hydrogen-bond donors (Lipinski definition) is 2. The van der Waals surface area contributed by atoms with Crippen LogP contribution in [0, 0.1) is 0 Å². The summed E-state index contributed by atoms with van der Waals surface area (Å²) in [4.78, 5) is 38.2. The number of likely N-dealkylation sites (tertiary alicyclic amines) is 1. The van der Waals surface area contributed by atoms with Crippen LogP contribution in [0.15, 0.2) is 24.3 Å². The summed E-state index contributed by atoms with van der Waals surface area (Å²) in [6.07, 6.45) is 4.33. The molecule has 0 unspecified atom stereocenters. The van der Waals surface area contributed by atoms with Gasteiger partial charge in [-0.25, -0.2) is 4.79 Å². The van der Waals surface area contributed by atoms with Gasteiger partial charge in [0.1, 0.15) is 0 Å². The fourth-order valence-corrected chi connectivity index (χ4v) is 2.74. The zero-order valence-electron chi connectivity index (χ0n) is 14.5. The fraction of sp³-hybridized carbons (Fsp3) is 0.500. The zero-order chi connectivity index (χ0) is 18.2. The molecule has 2 N–H and O–H groups in total. The first kappa shape index (κ1) is 18.8. The Balaban J connectivity index is 1.91. The van der Waals surface area contributed by atoms with E-state index in [0.29, 0.717) is 11.3 Å². The number of amides is 3. The molecule has 7 nitrogen and oxygen atoms in total. The molecule has 1 fully saturated rings. The van der Waals surface area contributed by atoms with Crippen molar-refractivity contribution in [3.63, 3.8) is 0 Å². The fourth-order valence-electron chi connectivity index (χ4n) is 2.74. The van der Waals surface area contributed by atoms with Crippen molar-refractivity contribution in [2.75, 3.05) is 32.0 Å². The Bertz CT molecular complexity index is 607. The van der Waals surface area contributed by atoms with Gasteiger partial charge in [0.25, 0.3) is 5.91 Å². The lowest BCUT2D eigenvalue weighted by molar-refractivity contribution is -0.137. The average molecular weight is 347 g/mol. The van der Waals surface area contributed by atoms with Gasteiger partial charge in [-0.1, -0.05) is 12.8 Å². The Labute approximate surface area is 147 Å². The van der Waals surface area contributed by atoms with Crippen LogP contribution in [0.25, 0.3) is 0 Å². The number of hydrogen-bond acceptors (Lipinski definition) is 3. The largest absolute Gasteiger partial charge is 0.481 e. The van der Waals surface area contributed by atoms with Crippen LogP contribution in [0.5, 0.6) is 0 Å². The van der Waals surface area contributed by atoms with Gasteiger partial charge in [-0.2, -0.15) is 0 Å². The van der Waals surface area contributed by atoms with Crippen molar-refractivity contribution in [3.8, 4) is 0 Å². The van der Waals surface area contributed by atoms with Crippen LogP contribution in [0.3, 0.4) is 0 Å². The van der Waals surface area contributed by atoms with Crippen LogP contribution < -0.4 is 5.32 Å². The Kier molecular flexibility index (Phi) is 6.80. The molecule has 0 spiro atoms. The number of carboxylic acid groups (broad SMARTS) is 1. The highest BCUT2D eigenvalue weighted by molar-refractivity contribution is 5.95. The van der Waals surface area contributed by atoms with Crippen molar-refractivity contribution in [1.82, 2.24) is 9.80 Å². The molecule has 0 aromatic heterocycles. The van der Waals surface area contributed by atoms with Gasteiger partial charge in [-0.3, -0.25) is 9.59 Å². The van der Waals surface area contributed by atoms with E-state index in [0.717, 1.165) is 25.9 Å². The topological polar surface area (TPSA) is 90.0 Å². The Hall–Kier alpha value is -2.57. The van der Waals surface area contributed by atoms with Crippen molar-refractivity contribution < 1.29 is 19.5 Å². The molecule has 0 atom stereocenters. The molecule has 0 radical (unpaired) electrons. The van der Waals surface area contributed by atoms with Crippen molar-refractivity contribution in [3.05, 3.63) is 29.8 Å². The van der Waals surface area contributed by atoms with Gasteiger partial charge in [0, 0.05) is 37.9 Å². The second kappa shape index (κ2) is 9.05. The van der Waals surface area contributed by atoms with E-state index in [1.54, 1.807) is 24.3 Å². The van der Waals surface area contributed by atoms with E-state index in [4.69, 9.17) is 5.11 Å². The maximum atomic E-state index is 12.5. The number of rotatable bonds is 5. The molecule has 0 saturated carbocycles. The van der Waals surface area contributed by atoms with Crippen LogP contribution in [-0.4, -0.2) is 59.5 Å². The molecule has 1 aromatic carbocycles. The monoisotopic (exact) mass is 347 g/mol. The molecule has 1 aliphatic heterocycles. The maximum absolute atomic E-state index is 12.5. The quantitative estimate of drug-likeness (QED) is 0.857. The molecule has 2 rings (SSSR count). The Morgan fingerprint density at radius 2 is 1.68 bits per heavy atom. The van der Waals surface area contributed by atoms with Crippen LogP contribution >= 0.6 is 0 Å². The number of benzene rings is 1. The molecule has 1 aromatic rings. The number of carbonyl (C=O) groups is 3. The molecular formula is C18H25N3O4. The molecule has 136 valence electrons. The predicted octanol–water partition coefficient (Wildman–Crippen LogP) is 2.64. The van der Waals surface area contributed by atoms with Gasteiger partial charge >= 0.3 is 12.0 Å². The molecule has 0 aliphatic carbocycles. The molecule has 1 saturated heterocycles. The molecule has 1 heterocycles. The second-order valence-electron chi connectivity index (χ2n) is 6.28. The first-order valence-corrected chi connectivity index (χ1v) is 8.60. The van der Waals surface area contributed by atoms with Crippen LogP contribution in [-0.2, 0) is 4.79 Å². The third kappa shape index (κ3) is 5.77. The number of carbonyl (C=O) groups excluding carboxylic acids is 2. The van der Waals surface area contributed by atoms with Crippen molar-refractivity contribution in [1.29, 1.82) is 0 Å². The normalized spacial score (nSPS) is 14.5. The van der Waals surface area contributed by atoms with E-state index in [1.165, 1.54) is 24.8 Å². The summed E-state index contributed by atoms with van der Waals surface area (Å²) in [5, 5.41) is 11.3. The summed E-state index contributed by atoms with van der Waals surface area (Å²) >= 11 is 0. The van der Waals surface area contributed by atoms with Gasteiger partial charge < -0.3 is 20.2 Å². The van der Waals surface area contributed by atoms with E-state index >= 15 is 0 Å². The number of nitrogens with zero attached hydrogens (tertiary/aromatic N) is 2. The Morgan fingerprint density at radius 1 is 1.08 bits per heavy atom. The number of carboxylic acids is 1. The minimum Gasteiger partial charge on any atom is -0.481 e. The number of aliphatic carboxylic acids is 1. The summed E-state index contributed by atoms with van der Waals surface area (Å²) < 4.78 is 0. The van der Waals surface area contributed by atoms with Gasteiger partial charge in [0.05, 0.1) is 6.42 Å². The van der Waals surface area contributed by atoms with Gasteiger partial charge in [-0.05, 0) is 37.1 Å². The highest BCUT2D eigenvalue weighted by Crippen LogP contribution is 2.16. The highest BCUT2D eigenvalue weighted by atomic mass is 16.4. The van der Waals surface area contributed by atoms with E-state index in [9.17, 15) is 14.4 Å². The van der Waals surface area contributed by atoms with Gasteiger partial charge in [0.15, 0.2) is 0 Å². The zero-order valence-corrected chi connectivity index (χ0v) is 14.5. The maximum Gasteiger partial charge on any atom is 0.321 e. The predicted molar refractivity (Wildman–Crippen MR) is 94.7 cm³/mol. The van der Waals surface area contributed by atoms with Gasteiger partial charge in [0.2, 0.25) is 0 Å². The van der Waals surface area contributed by atoms with Crippen LogP contribution in [0.2, 0.25) is 0 Å². The second-order valence-corrected chi connectivity index (χ2v) is 6.28. The molecule has 25 heavy (non-hydrogen) atoms. The van der Waals surface area contributed by atoms with Crippen molar-refractivity contribution >= 4 is 23.6 Å². The summed E-state index contributed by atoms with van der Waals surface area (Å²) in [6.45, 7) is 1.73. The summed E-state index contributed by atoms with van der Waals surface area (Å²) in [6, 6.07) is 6.41. The number of anilines is 1. The average Bonchev–Trinajstić information content (AvgIpc) is 2.89. The van der Waals surface area contributed by atoms with E-state index in [1.807, 2.05) is 4.90 Å². The Morgan fingerprint density at radius 3 is 2.24 bits per heavy atom.